The van der Waals surface area contributed by atoms with E-state index >= 15 is 0 Å². The number of aryl methyl sites for hydroxylation is 1. The van der Waals surface area contributed by atoms with Gasteiger partial charge in [-0.05, 0) is 48.4 Å². The van der Waals surface area contributed by atoms with Crippen LogP contribution in [-0.4, -0.2) is 14.4 Å². The van der Waals surface area contributed by atoms with E-state index in [4.69, 9.17) is 0 Å². The summed E-state index contributed by atoms with van der Waals surface area (Å²) in [5, 5.41) is 3.08. The van der Waals surface area contributed by atoms with Crippen molar-refractivity contribution >= 4 is 23.2 Å². The largest absolute Gasteiger partial charge is 0.416 e. The van der Waals surface area contributed by atoms with Gasteiger partial charge >= 0.3 is 12.4 Å². The predicted octanol–water partition coefficient (Wildman–Crippen LogP) is 7.13. The molecule has 0 atom stereocenters. The lowest BCUT2D eigenvalue weighted by atomic mass is 10.0. The summed E-state index contributed by atoms with van der Waals surface area (Å²) in [6.45, 7) is 5.68. The van der Waals surface area contributed by atoms with Crippen LogP contribution in [0.4, 0.5) is 37.8 Å². The van der Waals surface area contributed by atoms with E-state index in [1.807, 2.05) is 19.1 Å². The zero-order chi connectivity index (χ0) is 24.0. The molecule has 1 N–H and O–H groups in total. The third-order valence-electron chi connectivity index (χ3n) is 5.07. The molecule has 2 heterocycles. The van der Waals surface area contributed by atoms with E-state index in [1.165, 1.54) is 23.0 Å². The molecular formula is C23H16F6N4. The third-order valence-corrected chi connectivity index (χ3v) is 5.07. The molecule has 4 rings (SSSR count). The molecule has 0 saturated carbocycles. The Morgan fingerprint density at radius 1 is 0.939 bits per heavy atom. The topological polar surface area (TPSA) is 42.2 Å². The number of nitrogens with one attached hydrogen (secondary N) is 1. The molecule has 0 amide bonds. The number of halogens is 6. The Kier molecular flexibility index (Phi) is 5.39. The summed E-state index contributed by atoms with van der Waals surface area (Å²) in [5.74, 6) is 0.283. The average molecular weight is 462 g/mol. The highest BCUT2D eigenvalue weighted by molar-refractivity contribution is 5.75. The predicted molar refractivity (Wildman–Crippen MR) is 113 cm³/mol. The summed E-state index contributed by atoms with van der Waals surface area (Å²) in [4.78, 5) is 8.41. The fourth-order valence-electron chi connectivity index (χ4n) is 3.40. The Bertz CT molecular complexity index is 1320. The maximum absolute atomic E-state index is 13.3. The standard InChI is InChI=1S/C23H16F6N4/c1-3-14-10-18(5-4-13(14)2)32-20-21-31-12-19(33(21)7-6-30-20)15-8-16(22(24,25)26)11-17(9-15)23(27,28)29/h3-12H,1H2,2H3,(H,30,32). The molecule has 0 fully saturated rings. The molecule has 10 heteroatoms. The molecule has 33 heavy (non-hydrogen) atoms. The van der Waals surface area contributed by atoms with Crippen molar-refractivity contribution in [1.29, 1.82) is 0 Å². The normalized spacial score (nSPS) is 12.2. The minimum atomic E-state index is -4.95. The van der Waals surface area contributed by atoms with E-state index in [0.29, 0.717) is 17.8 Å². The number of benzene rings is 2. The van der Waals surface area contributed by atoms with Crippen molar-refractivity contribution in [2.24, 2.45) is 0 Å². The molecule has 2 aromatic carbocycles. The third kappa shape index (κ3) is 4.41. The van der Waals surface area contributed by atoms with Gasteiger partial charge in [-0.1, -0.05) is 18.7 Å². The molecule has 4 nitrogen and oxygen atoms in total. The first kappa shape index (κ1) is 22.4. The number of nitrogens with zero attached hydrogens (tertiary/aromatic N) is 3. The van der Waals surface area contributed by atoms with E-state index < -0.39 is 23.5 Å². The molecule has 0 aliphatic carbocycles. The van der Waals surface area contributed by atoms with Crippen molar-refractivity contribution in [3.8, 4) is 11.3 Å². The number of anilines is 2. The smallest absolute Gasteiger partial charge is 0.337 e. The molecule has 2 aromatic heterocycles. The van der Waals surface area contributed by atoms with Gasteiger partial charge in [-0.3, -0.25) is 4.40 Å². The van der Waals surface area contributed by atoms with Crippen molar-refractivity contribution < 1.29 is 26.3 Å². The van der Waals surface area contributed by atoms with Crippen LogP contribution in [0.1, 0.15) is 22.3 Å². The van der Waals surface area contributed by atoms with E-state index in [-0.39, 0.29) is 28.8 Å². The van der Waals surface area contributed by atoms with Crippen LogP contribution in [0.5, 0.6) is 0 Å². The minimum absolute atomic E-state index is 0.0581. The first-order valence-electron chi connectivity index (χ1n) is 9.59. The van der Waals surface area contributed by atoms with Gasteiger partial charge in [0.1, 0.15) is 0 Å². The summed E-state index contributed by atoms with van der Waals surface area (Å²) >= 11 is 0. The van der Waals surface area contributed by atoms with Crippen LogP contribution in [0.2, 0.25) is 0 Å². The Labute approximate surface area is 184 Å². The monoisotopic (exact) mass is 462 g/mol. The zero-order valence-electron chi connectivity index (χ0n) is 17.1. The van der Waals surface area contributed by atoms with E-state index in [2.05, 4.69) is 21.9 Å². The van der Waals surface area contributed by atoms with Crippen molar-refractivity contribution in [3.05, 3.63) is 83.8 Å². The number of imidazole rings is 1. The summed E-state index contributed by atoms with van der Waals surface area (Å²) in [6.07, 6.45) is -4.20. The lowest BCUT2D eigenvalue weighted by Gasteiger charge is -2.14. The van der Waals surface area contributed by atoms with E-state index in [9.17, 15) is 26.3 Å². The first-order valence-corrected chi connectivity index (χ1v) is 9.59. The second-order valence-corrected chi connectivity index (χ2v) is 7.31. The quantitative estimate of drug-likeness (QED) is 0.328. The maximum Gasteiger partial charge on any atom is 0.416 e. The Morgan fingerprint density at radius 3 is 2.21 bits per heavy atom. The fraction of sp³-hybridized carbons (Fsp3) is 0.130. The van der Waals surface area contributed by atoms with Gasteiger partial charge in [0.15, 0.2) is 11.5 Å². The van der Waals surface area contributed by atoms with Crippen LogP contribution in [0.3, 0.4) is 0 Å². The Hall–Kier alpha value is -3.82. The lowest BCUT2D eigenvalue weighted by molar-refractivity contribution is -0.143. The van der Waals surface area contributed by atoms with Gasteiger partial charge < -0.3 is 5.32 Å². The second-order valence-electron chi connectivity index (χ2n) is 7.31. The molecule has 0 bridgehead atoms. The van der Waals surface area contributed by atoms with Crippen molar-refractivity contribution in [2.75, 3.05) is 5.32 Å². The van der Waals surface area contributed by atoms with E-state index in [0.717, 1.165) is 11.1 Å². The summed E-state index contributed by atoms with van der Waals surface area (Å²) in [7, 11) is 0. The van der Waals surface area contributed by atoms with Crippen LogP contribution in [-0.2, 0) is 12.4 Å². The van der Waals surface area contributed by atoms with Crippen LogP contribution in [0.15, 0.2) is 61.6 Å². The molecule has 0 aliphatic heterocycles. The lowest BCUT2D eigenvalue weighted by Crippen LogP contribution is -2.11. The SMILES string of the molecule is C=Cc1cc(Nc2nccn3c(-c4cc(C(F)(F)F)cc(C(F)(F)F)c4)cnc23)ccc1C. The Morgan fingerprint density at radius 2 is 1.61 bits per heavy atom. The van der Waals surface area contributed by atoms with Crippen LogP contribution in [0, 0.1) is 6.92 Å². The zero-order valence-corrected chi connectivity index (χ0v) is 17.1. The number of hydrogen-bond donors (Lipinski definition) is 1. The van der Waals surface area contributed by atoms with Crippen molar-refractivity contribution in [2.45, 2.75) is 19.3 Å². The molecular weight excluding hydrogens is 446 g/mol. The van der Waals surface area contributed by atoms with E-state index in [1.54, 1.807) is 12.1 Å². The summed E-state index contributed by atoms with van der Waals surface area (Å²) in [6, 6.07) is 6.94. The highest BCUT2D eigenvalue weighted by Crippen LogP contribution is 2.39. The van der Waals surface area contributed by atoms with Crippen LogP contribution in [0.25, 0.3) is 23.0 Å². The number of fused-ring (bicyclic) bond motifs is 1. The molecule has 4 aromatic rings. The van der Waals surface area contributed by atoms with Gasteiger partial charge in [0.05, 0.1) is 23.0 Å². The minimum Gasteiger partial charge on any atom is -0.337 e. The van der Waals surface area contributed by atoms with Crippen molar-refractivity contribution in [3.63, 3.8) is 0 Å². The highest BCUT2D eigenvalue weighted by Gasteiger charge is 2.37. The number of alkyl halides is 6. The molecule has 0 spiro atoms. The number of hydrogen-bond acceptors (Lipinski definition) is 3. The molecule has 0 aliphatic rings. The summed E-state index contributed by atoms with van der Waals surface area (Å²) in [5.41, 5.74) is -0.209. The van der Waals surface area contributed by atoms with Crippen LogP contribution >= 0.6 is 0 Å². The summed E-state index contributed by atoms with van der Waals surface area (Å²) < 4.78 is 81.0. The van der Waals surface area contributed by atoms with Gasteiger partial charge in [-0.25, -0.2) is 9.97 Å². The Balaban J connectivity index is 1.82. The average Bonchev–Trinajstić information content (AvgIpc) is 3.19. The van der Waals surface area contributed by atoms with Gasteiger partial charge in [-0.15, -0.1) is 0 Å². The van der Waals surface area contributed by atoms with Crippen LogP contribution < -0.4 is 5.32 Å². The number of aromatic nitrogens is 3. The molecule has 0 unspecified atom stereocenters. The fourth-order valence-corrected chi connectivity index (χ4v) is 3.40. The second kappa shape index (κ2) is 7.95. The highest BCUT2D eigenvalue weighted by atomic mass is 19.4. The van der Waals surface area contributed by atoms with Gasteiger partial charge in [0.2, 0.25) is 0 Å². The van der Waals surface area contributed by atoms with Gasteiger partial charge in [-0.2, -0.15) is 26.3 Å². The maximum atomic E-state index is 13.3. The van der Waals surface area contributed by atoms with Gasteiger partial charge in [0.25, 0.3) is 0 Å². The first-order chi connectivity index (χ1) is 15.5. The molecule has 0 radical (unpaired) electrons. The van der Waals surface area contributed by atoms with Crippen molar-refractivity contribution in [1.82, 2.24) is 14.4 Å². The molecule has 0 saturated heterocycles. The van der Waals surface area contributed by atoms with Gasteiger partial charge in [0, 0.05) is 23.6 Å². The number of rotatable bonds is 4. The molecule has 170 valence electrons.